The summed E-state index contributed by atoms with van der Waals surface area (Å²) in [6.07, 6.45) is 1.48. The van der Waals surface area contributed by atoms with E-state index in [4.69, 9.17) is 5.73 Å². The minimum atomic E-state index is -0.580. The number of nitrogens with zero attached hydrogens (tertiary/aromatic N) is 1. The lowest BCUT2D eigenvalue weighted by molar-refractivity contribution is -0.121. The maximum Gasteiger partial charge on any atom is 0.248 e. The van der Waals surface area contributed by atoms with E-state index in [0.717, 1.165) is 15.6 Å². The molecule has 7 heteroatoms. The van der Waals surface area contributed by atoms with E-state index in [1.54, 1.807) is 16.2 Å². The number of nitrogens with one attached hydrogen (secondary N) is 1. The van der Waals surface area contributed by atoms with E-state index in [2.05, 4.69) is 17.9 Å². The fourth-order valence-corrected chi connectivity index (χ4v) is 3.62. The molecule has 1 aromatic carbocycles. The zero-order valence-electron chi connectivity index (χ0n) is 10.9. The summed E-state index contributed by atoms with van der Waals surface area (Å²) in [5, 5.41) is 5.66. The SMILES string of the molecule is NC(=O)CN1C(c2csc3ccccc23)=CC(=O)NC1S. The molecule has 1 atom stereocenters. The Morgan fingerprint density at radius 3 is 2.95 bits per heavy atom. The van der Waals surface area contributed by atoms with Crippen molar-refractivity contribution in [3.63, 3.8) is 0 Å². The first-order chi connectivity index (χ1) is 10.1. The Balaban J connectivity index is 2.12. The second-order valence-electron chi connectivity index (χ2n) is 4.65. The van der Waals surface area contributed by atoms with Crippen LogP contribution in [0.4, 0.5) is 0 Å². The van der Waals surface area contributed by atoms with Gasteiger partial charge < -0.3 is 16.0 Å². The summed E-state index contributed by atoms with van der Waals surface area (Å²) in [5.41, 5.74) is 6.29. The van der Waals surface area contributed by atoms with Crippen molar-refractivity contribution in [1.82, 2.24) is 10.2 Å². The fraction of sp³-hybridized carbons (Fsp3) is 0.143. The number of nitrogens with two attached hydrogens (primary N) is 1. The standard InChI is InChI=1S/C14H13N3O2S2/c15-12(18)6-17-10(5-13(19)16-14(17)20)9-7-21-11-4-2-1-3-8(9)11/h1-5,7,14,20H,6H2,(H2,15,18)(H,16,19). The van der Waals surface area contributed by atoms with Crippen LogP contribution in [0.25, 0.3) is 15.8 Å². The normalized spacial score (nSPS) is 18.5. The van der Waals surface area contributed by atoms with Crippen LogP contribution in [-0.4, -0.2) is 28.8 Å². The molecule has 0 fully saturated rings. The smallest absolute Gasteiger partial charge is 0.248 e. The molecule has 0 radical (unpaired) electrons. The first kappa shape index (κ1) is 14.0. The molecule has 3 rings (SSSR count). The van der Waals surface area contributed by atoms with E-state index in [0.29, 0.717) is 5.70 Å². The van der Waals surface area contributed by atoms with Crippen LogP contribution >= 0.6 is 24.0 Å². The molecule has 2 aromatic rings. The van der Waals surface area contributed by atoms with Crippen molar-refractivity contribution in [3.05, 3.63) is 41.3 Å². The Labute approximate surface area is 130 Å². The van der Waals surface area contributed by atoms with Gasteiger partial charge in [-0.15, -0.1) is 24.0 Å². The van der Waals surface area contributed by atoms with Gasteiger partial charge >= 0.3 is 0 Å². The van der Waals surface area contributed by atoms with Crippen molar-refractivity contribution < 1.29 is 9.59 Å². The van der Waals surface area contributed by atoms with Crippen molar-refractivity contribution >= 4 is 51.6 Å². The number of thiol groups is 1. The molecule has 5 nitrogen and oxygen atoms in total. The summed E-state index contributed by atoms with van der Waals surface area (Å²) in [6, 6.07) is 7.92. The minimum absolute atomic E-state index is 0.00947. The number of fused-ring (bicyclic) bond motifs is 1. The number of hydrogen-bond acceptors (Lipinski definition) is 5. The van der Waals surface area contributed by atoms with Crippen LogP contribution < -0.4 is 11.1 Å². The first-order valence-corrected chi connectivity index (χ1v) is 7.67. The van der Waals surface area contributed by atoms with Gasteiger partial charge in [0.25, 0.3) is 0 Å². The molecule has 2 amide bonds. The Kier molecular flexibility index (Phi) is 3.60. The predicted molar refractivity (Wildman–Crippen MR) is 86.6 cm³/mol. The van der Waals surface area contributed by atoms with Gasteiger partial charge in [0, 0.05) is 27.1 Å². The van der Waals surface area contributed by atoms with Gasteiger partial charge in [-0.3, -0.25) is 9.59 Å². The van der Waals surface area contributed by atoms with Crippen LogP contribution in [-0.2, 0) is 9.59 Å². The number of primary amides is 1. The minimum Gasteiger partial charge on any atom is -0.368 e. The summed E-state index contributed by atoms with van der Waals surface area (Å²) in [5.74, 6) is -0.711. The molecule has 0 aliphatic carbocycles. The van der Waals surface area contributed by atoms with Crippen LogP contribution in [0.3, 0.4) is 0 Å². The second kappa shape index (κ2) is 5.42. The molecular weight excluding hydrogens is 306 g/mol. The van der Waals surface area contributed by atoms with E-state index >= 15 is 0 Å². The number of carbonyl (C=O) groups excluding carboxylic acids is 2. The quantitative estimate of drug-likeness (QED) is 0.748. The van der Waals surface area contributed by atoms with Gasteiger partial charge in [-0.05, 0) is 6.07 Å². The van der Waals surface area contributed by atoms with Crippen molar-refractivity contribution in [2.75, 3.05) is 6.54 Å². The summed E-state index contributed by atoms with van der Waals surface area (Å²) in [6.45, 7) is -0.00947. The molecule has 0 saturated heterocycles. The van der Waals surface area contributed by atoms with Crippen LogP contribution in [0.15, 0.2) is 35.7 Å². The molecule has 0 bridgehead atoms. The highest BCUT2D eigenvalue weighted by Gasteiger charge is 2.28. The zero-order valence-corrected chi connectivity index (χ0v) is 12.7. The Morgan fingerprint density at radius 1 is 1.43 bits per heavy atom. The molecule has 108 valence electrons. The van der Waals surface area contributed by atoms with Gasteiger partial charge in [0.1, 0.15) is 5.50 Å². The first-order valence-electron chi connectivity index (χ1n) is 6.28. The molecule has 3 N–H and O–H groups in total. The van der Waals surface area contributed by atoms with Gasteiger partial charge in [0.05, 0.1) is 12.2 Å². The molecule has 21 heavy (non-hydrogen) atoms. The largest absolute Gasteiger partial charge is 0.368 e. The third-order valence-electron chi connectivity index (χ3n) is 3.23. The highest BCUT2D eigenvalue weighted by atomic mass is 32.1. The molecule has 1 aliphatic heterocycles. The number of thiophene rings is 1. The van der Waals surface area contributed by atoms with Crippen LogP contribution in [0.2, 0.25) is 0 Å². The molecular formula is C14H13N3O2S2. The summed E-state index contributed by atoms with van der Waals surface area (Å²) >= 11 is 5.91. The molecule has 1 aromatic heterocycles. The lowest BCUT2D eigenvalue weighted by atomic mass is 10.1. The van der Waals surface area contributed by atoms with E-state index in [-0.39, 0.29) is 12.5 Å². The number of carbonyl (C=O) groups is 2. The zero-order chi connectivity index (χ0) is 15.0. The topological polar surface area (TPSA) is 75.4 Å². The fourth-order valence-electron chi connectivity index (χ4n) is 2.33. The van der Waals surface area contributed by atoms with Crippen molar-refractivity contribution in [3.8, 4) is 0 Å². The summed E-state index contributed by atoms with van der Waals surface area (Å²) in [7, 11) is 0. The Bertz CT molecular complexity index is 754. The third kappa shape index (κ3) is 2.62. The van der Waals surface area contributed by atoms with E-state index < -0.39 is 11.4 Å². The van der Waals surface area contributed by atoms with Gasteiger partial charge in [0.15, 0.2) is 0 Å². The average molecular weight is 319 g/mol. The Hall–Kier alpha value is -1.99. The number of hydrogen-bond donors (Lipinski definition) is 3. The van der Waals surface area contributed by atoms with E-state index in [1.165, 1.54) is 6.08 Å². The lowest BCUT2D eigenvalue weighted by Gasteiger charge is -2.34. The predicted octanol–water partition coefficient (Wildman–Crippen LogP) is 1.37. The van der Waals surface area contributed by atoms with E-state index in [1.807, 2.05) is 29.6 Å². The summed E-state index contributed by atoms with van der Waals surface area (Å²) in [4.78, 5) is 24.7. The third-order valence-corrected chi connectivity index (χ3v) is 4.60. The molecule has 0 spiro atoms. The monoisotopic (exact) mass is 319 g/mol. The average Bonchev–Trinajstić information content (AvgIpc) is 2.85. The molecule has 1 aliphatic rings. The lowest BCUT2D eigenvalue weighted by Crippen LogP contribution is -2.49. The number of benzene rings is 1. The van der Waals surface area contributed by atoms with Crippen LogP contribution in [0.5, 0.6) is 0 Å². The maximum absolute atomic E-state index is 11.8. The van der Waals surface area contributed by atoms with Gasteiger partial charge in [-0.2, -0.15) is 0 Å². The van der Waals surface area contributed by atoms with E-state index in [9.17, 15) is 9.59 Å². The van der Waals surface area contributed by atoms with Gasteiger partial charge in [0.2, 0.25) is 11.8 Å². The van der Waals surface area contributed by atoms with Crippen molar-refractivity contribution in [2.24, 2.45) is 5.73 Å². The van der Waals surface area contributed by atoms with Crippen molar-refractivity contribution in [1.29, 1.82) is 0 Å². The number of amides is 2. The maximum atomic E-state index is 11.8. The molecule has 0 saturated carbocycles. The molecule has 1 unspecified atom stereocenters. The highest BCUT2D eigenvalue weighted by Crippen LogP contribution is 2.34. The Morgan fingerprint density at radius 2 is 2.19 bits per heavy atom. The van der Waals surface area contributed by atoms with Crippen LogP contribution in [0.1, 0.15) is 5.56 Å². The second-order valence-corrected chi connectivity index (χ2v) is 6.05. The van der Waals surface area contributed by atoms with Gasteiger partial charge in [-0.25, -0.2) is 0 Å². The number of rotatable bonds is 3. The highest BCUT2D eigenvalue weighted by molar-refractivity contribution is 7.80. The van der Waals surface area contributed by atoms with Gasteiger partial charge in [-0.1, -0.05) is 18.2 Å². The van der Waals surface area contributed by atoms with Crippen molar-refractivity contribution in [2.45, 2.75) is 5.50 Å². The molecule has 2 heterocycles. The van der Waals surface area contributed by atoms with Crippen LogP contribution in [0, 0.1) is 0 Å². The summed E-state index contributed by atoms with van der Waals surface area (Å²) < 4.78 is 1.12.